The topological polar surface area (TPSA) is 116 Å². The van der Waals surface area contributed by atoms with Crippen molar-refractivity contribution in [1.82, 2.24) is 0 Å². The smallest absolute Gasteiger partial charge is 0.307 e. The van der Waals surface area contributed by atoms with E-state index in [9.17, 15) is 24.5 Å². The predicted octanol–water partition coefficient (Wildman–Crippen LogP) is 2.49. The molecule has 2 rings (SSSR count). The van der Waals surface area contributed by atoms with Crippen LogP contribution < -0.4 is 4.90 Å². The van der Waals surface area contributed by atoms with Crippen molar-refractivity contribution in [2.24, 2.45) is 0 Å². The Morgan fingerprint density at radius 1 is 1.14 bits per heavy atom. The van der Waals surface area contributed by atoms with Gasteiger partial charge in [0.05, 0.1) is 36.4 Å². The van der Waals surface area contributed by atoms with Gasteiger partial charge in [-0.1, -0.05) is 0 Å². The molecule has 1 aliphatic rings. The Kier molecular flexibility index (Phi) is 6.37. The molecule has 152 valence electrons. The van der Waals surface area contributed by atoms with Crippen LogP contribution in [0.1, 0.15) is 46.1 Å². The van der Waals surface area contributed by atoms with Gasteiger partial charge < -0.3 is 14.4 Å². The van der Waals surface area contributed by atoms with Gasteiger partial charge >= 0.3 is 11.9 Å². The Bertz CT molecular complexity index is 783. The lowest BCUT2D eigenvalue weighted by atomic mass is 9.75. The lowest BCUT2D eigenvalue weighted by molar-refractivity contribution is -0.384. The molecule has 0 aliphatic carbocycles. The first-order valence-electron chi connectivity index (χ1n) is 9.11. The van der Waals surface area contributed by atoms with Crippen molar-refractivity contribution in [3.05, 3.63) is 33.9 Å². The first-order chi connectivity index (χ1) is 13.2. The van der Waals surface area contributed by atoms with Crippen LogP contribution in [0, 0.1) is 10.1 Å². The fourth-order valence-electron chi connectivity index (χ4n) is 3.52. The number of nitrogens with zero attached hydrogens (tertiary/aromatic N) is 2. The highest BCUT2D eigenvalue weighted by Crippen LogP contribution is 2.48. The molecule has 0 unspecified atom stereocenters. The maximum atomic E-state index is 13.4. The van der Waals surface area contributed by atoms with Crippen molar-refractivity contribution in [2.45, 2.75) is 52.0 Å². The van der Waals surface area contributed by atoms with Crippen LogP contribution in [-0.4, -0.2) is 42.0 Å². The number of fused-ring (bicyclic) bond motifs is 1. The van der Waals surface area contributed by atoms with Crippen molar-refractivity contribution in [3.63, 3.8) is 0 Å². The molecule has 9 heteroatoms. The van der Waals surface area contributed by atoms with Gasteiger partial charge in [-0.15, -0.1) is 0 Å². The summed E-state index contributed by atoms with van der Waals surface area (Å²) in [6, 6.07) is 3.75. The summed E-state index contributed by atoms with van der Waals surface area (Å²) in [5, 5.41) is 11.3. The van der Waals surface area contributed by atoms with Gasteiger partial charge in [-0.05, 0) is 39.3 Å². The van der Waals surface area contributed by atoms with Gasteiger partial charge in [0, 0.05) is 23.9 Å². The average molecular weight is 392 g/mol. The molecule has 1 aromatic carbocycles. The normalized spacial score (nSPS) is 14.8. The van der Waals surface area contributed by atoms with Crippen LogP contribution in [0.3, 0.4) is 0 Å². The summed E-state index contributed by atoms with van der Waals surface area (Å²) in [6.45, 7) is 7.05. The van der Waals surface area contributed by atoms with Crippen LogP contribution >= 0.6 is 0 Å². The highest BCUT2D eigenvalue weighted by Gasteiger charge is 2.55. The van der Waals surface area contributed by atoms with E-state index in [0.717, 1.165) is 0 Å². The van der Waals surface area contributed by atoms with E-state index in [2.05, 4.69) is 0 Å². The molecule has 0 atom stereocenters. The minimum absolute atomic E-state index is 0.109. The Morgan fingerprint density at radius 2 is 1.68 bits per heavy atom. The number of non-ortho nitro benzene ring substituents is 1. The second-order valence-electron chi connectivity index (χ2n) is 6.77. The molecule has 1 amide bonds. The molecular weight excluding hydrogens is 368 g/mol. The van der Waals surface area contributed by atoms with Crippen molar-refractivity contribution in [2.75, 3.05) is 18.1 Å². The maximum Gasteiger partial charge on any atom is 0.307 e. The highest BCUT2D eigenvalue weighted by molar-refractivity contribution is 6.12. The molecule has 0 saturated heterocycles. The fourth-order valence-corrected chi connectivity index (χ4v) is 3.52. The average Bonchev–Trinajstić information content (AvgIpc) is 2.83. The molecule has 0 aromatic heterocycles. The Balaban J connectivity index is 2.69. The number of nitro groups is 1. The largest absolute Gasteiger partial charge is 0.466 e. The predicted molar refractivity (Wildman–Crippen MR) is 99.9 cm³/mol. The molecule has 28 heavy (non-hydrogen) atoms. The summed E-state index contributed by atoms with van der Waals surface area (Å²) in [5.74, 6) is -1.80. The van der Waals surface area contributed by atoms with Gasteiger partial charge in [0.2, 0.25) is 5.91 Å². The minimum Gasteiger partial charge on any atom is -0.466 e. The van der Waals surface area contributed by atoms with E-state index in [4.69, 9.17) is 9.47 Å². The van der Waals surface area contributed by atoms with Gasteiger partial charge in [-0.2, -0.15) is 0 Å². The van der Waals surface area contributed by atoms with Crippen molar-refractivity contribution in [3.8, 4) is 0 Å². The van der Waals surface area contributed by atoms with Crippen LogP contribution in [0.4, 0.5) is 11.4 Å². The molecule has 1 aromatic rings. The summed E-state index contributed by atoms with van der Waals surface area (Å²) in [5.41, 5.74) is -1.13. The Hall–Kier alpha value is -2.97. The van der Waals surface area contributed by atoms with Gasteiger partial charge in [0.25, 0.3) is 5.69 Å². The zero-order chi connectivity index (χ0) is 21.1. The summed E-state index contributed by atoms with van der Waals surface area (Å²) in [6.07, 6.45) is -0.814. The first-order valence-corrected chi connectivity index (χ1v) is 9.11. The number of nitro benzene ring substituents is 1. The van der Waals surface area contributed by atoms with E-state index in [1.54, 1.807) is 27.7 Å². The van der Waals surface area contributed by atoms with Gasteiger partial charge in [-0.3, -0.25) is 24.5 Å². The van der Waals surface area contributed by atoms with Crippen molar-refractivity contribution >= 4 is 29.2 Å². The monoisotopic (exact) mass is 392 g/mol. The third-order valence-electron chi connectivity index (χ3n) is 4.61. The molecule has 1 heterocycles. The lowest BCUT2D eigenvalue weighted by Crippen LogP contribution is -2.46. The van der Waals surface area contributed by atoms with Crippen molar-refractivity contribution < 1.29 is 28.8 Å². The number of ether oxygens (including phenoxy) is 2. The number of carbonyl (C=O) groups excluding carboxylic acids is 3. The Morgan fingerprint density at radius 3 is 2.11 bits per heavy atom. The third kappa shape index (κ3) is 3.83. The number of carbonyl (C=O) groups is 3. The lowest BCUT2D eigenvalue weighted by Gasteiger charge is -2.28. The van der Waals surface area contributed by atoms with Gasteiger partial charge in [0.1, 0.15) is 0 Å². The van der Waals surface area contributed by atoms with Crippen molar-refractivity contribution in [1.29, 1.82) is 0 Å². The molecule has 0 saturated carbocycles. The molecule has 0 N–H and O–H groups in total. The number of amides is 1. The first kappa shape index (κ1) is 21.3. The molecule has 1 aliphatic heterocycles. The number of benzene rings is 1. The summed E-state index contributed by atoms with van der Waals surface area (Å²) >= 11 is 0. The zero-order valence-corrected chi connectivity index (χ0v) is 16.4. The van der Waals surface area contributed by atoms with Crippen LogP contribution in [-0.2, 0) is 29.3 Å². The Labute approximate surface area is 162 Å². The zero-order valence-electron chi connectivity index (χ0n) is 16.4. The van der Waals surface area contributed by atoms with Crippen LogP contribution in [0.25, 0.3) is 0 Å². The quantitative estimate of drug-likeness (QED) is 0.379. The fraction of sp³-hybridized carbons (Fsp3) is 0.526. The summed E-state index contributed by atoms with van der Waals surface area (Å²) in [4.78, 5) is 50.2. The van der Waals surface area contributed by atoms with Crippen LogP contribution in [0.15, 0.2) is 18.2 Å². The SMILES string of the molecule is CCOC(=O)CC1(CC(=O)OCC)C(=O)N(C(C)C)c2ccc([N+](=O)[O-])cc21. The summed E-state index contributed by atoms with van der Waals surface area (Å²) in [7, 11) is 0. The van der Waals surface area contributed by atoms with E-state index in [-0.39, 0.29) is 30.5 Å². The van der Waals surface area contributed by atoms with E-state index in [1.165, 1.54) is 23.1 Å². The van der Waals surface area contributed by atoms with Gasteiger partial charge in [-0.25, -0.2) is 0 Å². The van der Waals surface area contributed by atoms with E-state index in [0.29, 0.717) is 5.69 Å². The molecule has 0 radical (unpaired) electrons. The van der Waals surface area contributed by atoms with E-state index < -0.39 is 41.0 Å². The molecule has 0 bridgehead atoms. The van der Waals surface area contributed by atoms with Crippen LogP contribution in [0.2, 0.25) is 0 Å². The third-order valence-corrected chi connectivity index (χ3v) is 4.61. The minimum atomic E-state index is -1.61. The second kappa shape index (κ2) is 8.37. The molecular formula is C19H24N2O7. The van der Waals surface area contributed by atoms with Gasteiger partial charge in [0.15, 0.2) is 0 Å². The number of hydrogen-bond acceptors (Lipinski definition) is 7. The number of anilines is 1. The number of rotatable bonds is 8. The summed E-state index contributed by atoms with van der Waals surface area (Å²) < 4.78 is 10.0. The second-order valence-corrected chi connectivity index (χ2v) is 6.77. The molecule has 0 fully saturated rings. The standard InChI is InChI=1S/C19H24N2O7/c1-5-27-16(22)10-19(11-17(23)28-6-2)14-9-13(21(25)26)7-8-15(14)20(12(3)4)18(19)24/h7-9,12H,5-6,10-11H2,1-4H3. The highest BCUT2D eigenvalue weighted by atomic mass is 16.6. The van der Waals surface area contributed by atoms with E-state index in [1.807, 2.05) is 0 Å². The number of hydrogen-bond donors (Lipinski definition) is 0. The van der Waals surface area contributed by atoms with E-state index >= 15 is 0 Å². The molecule has 9 nitrogen and oxygen atoms in total. The maximum absolute atomic E-state index is 13.4. The van der Waals surface area contributed by atoms with Crippen LogP contribution in [0.5, 0.6) is 0 Å². The molecule has 0 spiro atoms. The number of esters is 2.